The minimum absolute atomic E-state index is 0.157. The Hall–Kier alpha value is -0.530. The van der Waals surface area contributed by atoms with Crippen molar-refractivity contribution in [1.29, 1.82) is 0 Å². The largest absolute Gasteiger partial charge is 0.469 e. The molecule has 19 heavy (non-hydrogen) atoms. The second kappa shape index (κ2) is 158. The molecular weight excluding hydrogens is 236 g/mol. The van der Waals surface area contributed by atoms with Gasteiger partial charge in [-0.25, -0.2) is 0 Å². The molecule has 2 heteroatoms. The summed E-state index contributed by atoms with van der Waals surface area (Å²) in [5, 5.41) is 0. The topological polar surface area (TPSA) is 26.3 Å². The molecule has 0 N–H and O–H groups in total. The van der Waals surface area contributed by atoms with Gasteiger partial charge in [0.25, 0.3) is 0 Å². The third-order valence-corrected chi connectivity index (χ3v) is 0.516. The third-order valence-electron chi connectivity index (χ3n) is 0.516. The second-order valence-corrected chi connectivity index (χ2v) is 1.64. The molecule has 0 aliphatic heterocycles. The maximum absolute atomic E-state index is 9.96. The number of hydrogen-bond donors (Lipinski definition) is 0. The van der Waals surface area contributed by atoms with Gasteiger partial charge in [-0.05, 0) is 0 Å². The van der Waals surface area contributed by atoms with E-state index in [1.807, 2.05) is 69.2 Å². The van der Waals surface area contributed by atoms with Gasteiger partial charge in [0.05, 0.1) is 7.11 Å². The lowest BCUT2D eigenvalue weighted by molar-refractivity contribution is -0.140. The first kappa shape index (κ1) is 42.8. The zero-order valence-electron chi connectivity index (χ0n) is 16.7. The Morgan fingerprint density at radius 1 is 0.684 bits per heavy atom. The van der Waals surface area contributed by atoms with Crippen LogP contribution < -0.4 is 0 Å². The summed E-state index contributed by atoms with van der Waals surface area (Å²) in [5.74, 6) is -0.157. The normalized spacial score (nSPS) is 4.95. The van der Waals surface area contributed by atoms with Crippen molar-refractivity contribution < 1.29 is 9.53 Å². The summed E-state index contributed by atoms with van der Waals surface area (Å²) in [6.45, 7) is 26.0. The van der Waals surface area contributed by atoms with Crippen molar-refractivity contribution in [2.45, 2.75) is 103 Å². The fourth-order valence-corrected chi connectivity index (χ4v) is 0.144. The molecular formula is C17H46O2. The van der Waals surface area contributed by atoms with Crippen molar-refractivity contribution in [2.75, 3.05) is 7.11 Å². The Kier molecular flexibility index (Phi) is 357. The molecule has 126 valence electrons. The van der Waals surface area contributed by atoms with Crippen LogP contribution in [0.5, 0.6) is 0 Å². The fraction of sp³-hybridized carbons (Fsp3) is 0.941. The van der Waals surface area contributed by atoms with Crippen molar-refractivity contribution in [3.63, 3.8) is 0 Å². The lowest BCUT2D eigenvalue weighted by Crippen LogP contribution is -1.94. The minimum atomic E-state index is -0.157. The van der Waals surface area contributed by atoms with Gasteiger partial charge in [-0.3, -0.25) is 4.79 Å². The molecule has 0 saturated heterocycles. The molecule has 0 bridgehead atoms. The van der Waals surface area contributed by atoms with Crippen LogP contribution in [0.2, 0.25) is 0 Å². The molecule has 0 aromatic rings. The molecule has 0 atom stereocenters. The van der Waals surface area contributed by atoms with E-state index in [4.69, 9.17) is 0 Å². The number of carbonyl (C=O) groups excluding carboxylic acids is 1. The molecule has 0 aromatic heterocycles. The van der Waals surface area contributed by atoms with Crippen LogP contribution in [0.15, 0.2) is 0 Å². The van der Waals surface area contributed by atoms with E-state index in [1.165, 1.54) is 13.5 Å². The molecule has 0 aromatic carbocycles. The van der Waals surface area contributed by atoms with E-state index in [2.05, 4.69) is 18.6 Å². The number of carbonyl (C=O) groups is 1. The van der Waals surface area contributed by atoms with Crippen LogP contribution in [0.1, 0.15) is 103 Å². The van der Waals surface area contributed by atoms with Crippen molar-refractivity contribution in [1.82, 2.24) is 0 Å². The van der Waals surface area contributed by atoms with E-state index in [1.54, 1.807) is 6.92 Å². The summed E-state index contributed by atoms with van der Waals surface area (Å²) in [6.07, 6.45) is 1.72. The summed E-state index contributed by atoms with van der Waals surface area (Å²) in [7, 11) is 1.38. The third kappa shape index (κ3) is 347. The Balaban J connectivity index is -0.0000000193. The van der Waals surface area contributed by atoms with Gasteiger partial charge in [-0.2, -0.15) is 0 Å². The van der Waals surface area contributed by atoms with E-state index in [0.29, 0.717) is 6.42 Å². The average molecular weight is 283 g/mol. The smallest absolute Gasteiger partial charge is 0.305 e. The van der Waals surface area contributed by atoms with E-state index in [0.717, 1.165) is 0 Å². The molecule has 0 saturated carbocycles. The quantitative estimate of drug-likeness (QED) is 0.479. The Labute approximate surface area is 126 Å². The lowest BCUT2D eigenvalue weighted by atomic mass is 10.5. The average Bonchev–Trinajstić information content (AvgIpc) is 2.57. The first-order chi connectivity index (χ1) is 9.22. The molecule has 0 fully saturated rings. The van der Waals surface area contributed by atoms with Crippen LogP contribution >= 0.6 is 0 Å². The van der Waals surface area contributed by atoms with Gasteiger partial charge in [0.1, 0.15) is 0 Å². The Bertz CT molecular complexity index is 56.3. The summed E-state index contributed by atoms with van der Waals surface area (Å²) < 4.78 is 4.26. The van der Waals surface area contributed by atoms with Gasteiger partial charge < -0.3 is 4.74 Å². The molecule has 0 rings (SSSR count). The van der Waals surface area contributed by atoms with Crippen molar-refractivity contribution in [3.8, 4) is 0 Å². The van der Waals surface area contributed by atoms with E-state index >= 15 is 0 Å². The van der Waals surface area contributed by atoms with E-state index in [9.17, 15) is 4.79 Å². The Morgan fingerprint density at radius 3 is 0.842 bits per heavy atom. The number of ether oxygens (including phenoxy) is 1. The number of hydrogen-bond acceptors (Lipinski definition) is 2. The highest BCUT2D eigenvalue weighted by Crippen LogP contribution is 1.76. The van der Waals surface area contributed by atoms with Crippen molar-refractivity contribution >= 4 is 5.97 Å². The number of esters is 1. The predicted octanol–water partition coefficient (Wildman–Crippen LogP) is 7.12. The van der Waals surface area contributed by atoms with E-state index < -0.39 is 0 Å². The molecule has 0 aliphatic rings. The van der Waals surface area contributed by atoms with Crippen LogP contribution in [-0.2, 0) is 9.53 Å². The van der Waals surface area contributed by atoms with E-state index in [-0.39, 0.29) is 5.97 Å². The first-order valence-electron chi connectivity index (χ1n) is 8.29. The van der Waals surface area contributed by atoms with Gasteiger partial charge in [0.15, 0.2) is 0 Å². The van der Waals surface area contributed by atoms with Gasteiger partial charge in [-0.15, -0.1) is 0 Å². The first-order valence-corrected chi connectivity index (χ1v) is 8.29. The van der Waals surface area contributed by atoms with Crippen LogP contribution in [0.25, 0.3) is 0 Å². The monoisotopic (exact) mass is 282 g/mol. The summed E-state index contributed by atoms with van der Waals surface area (Å²) in [5.41, 5.74) is 0. The molecule has 0 unspecified atom stereocenters. The molecule has 2 nitrogen and oxygen atoms in total. The van der Waals surface area contributed by atoms with Crippen molar-refractivity contribution in [2.24, 2.45) is 0 Å². The maximum Gasteiger partial charge on any atom is 0.305 e. The highest BCUT2D eigenvalue weighted by molar-refractivity contribution is 5.68. The number of methoxy groups -OCH3 is 1. The van der Waals surface area contributed by atoms with Crippen LogP contribution in [0.4, 0.5) is 0 Å². The van der Waals surface area contributed by atoms with Gasteiger partial charge in [0, 0.05) is 6.42 Å². The van der Waals surface area contributed by atoms with Crippen LogP contribution in [0, 0.1) is 0 Å². The van der Waals surface area contributed by atoms with Crippen molar-refractivity contribution in [3.05, 3.63) is 0 Å². The van der Waals surface area contributed by atoms with Gasteiger partial charge in [-0.1, -0.05) is 96.4 Å². The molecule has 0 radical (unpaired) electrons. The fourth-order valence-electron chi connectivity index (χ4n) is 0.144. The van der Waals surface area contributed by atoms with Gasteiger partial charge in [0.2, 0.25) is 0 Å². The standard InChI is InChI=1S/C4H8O2.C3H8.5C2H6/c1-3-4(5)6-2;1-3-2;5*1-2/h3H2,1-2H3;3H2,1-2H3;5*1-2H3. The summed E-state index contributed by atoms with van der Waals surface area (Å²) in [4.78, 5) is 9.96. The minimum Gasteiger partial charge on any atom is -0.469 e. The SMILES string of the molecule is CC.CC.CC.CC.CC.CCC.CCC(=O)OC. The predicted molar refractivity (Wildman–Crippen MR) is 95.0 cm³/mol. The second-order valence-electron chi connectivity index (χ2n) is 1.64. The summed E-state index contributed by atoms with van der Waals surface area (Å²) >= 11 is 0. The van der Waals surface area contributed by atoms with Crippen LogP contribution in [0.3, 0.4) is 0 Å². The molecule has 0 heterocycles. The highest BCUT2D eigenvalue weighted by Gasteiger charge is 1.87. The van der Waals surface area contributed by atoms with Gasteiger partial charge >= 0.3 is 5.97 Å². The molecule has 0 spiro atoms. The maximum atomic E-state index is 9.96. The molecule has 0 aliphatic carbocycles. The lowest BCUT2D eigenvalue weighted by Gasteiger charge is -1.87. The number of rotatable bonds is 1. The van der Waals surface area contributed by atoms with Crippen LogP contribution in [-0.4, -0.2) is 13.1 Å². The zero-order chi connectivity index (χ0) is 17.7. The zero-order valence-corrected chi connectivity index (χ0v) is 16.7. The highest BCUT2D eigenvalue weighted by atomic mass is 16.5. The molecule has 0 amide bonds. The Morgan fingerprint density at radius 2 is 0.842 bits per heavy atom. The summed E-state index contributed by atoms with van der Waals surface area (Å²) in [6, 6.07) is 0.